The van der Waals surface area contributed by atoms with E-state index in [-0.39, 0.29) is 47.2 Å². The molecule has 1 aromatic carbocycles. The first kappa shape index (κ1) is 30.0. The Morgan fingerprint density at radius 1 is 1.30 bits per heavy atom. The van der Waals surface area contributed by atoms with Gasteiger partial charge >= 0.3 is 5.97 Å². The molecular formula is C28H30FN5O6. The first-order valence-corrected chi connectivity index (χ1v) is 12.3. The molecule has 210 valence electrons. The summed E-state index contributed by atoms with van der Waals surface area (Å²) in [4.78, 5) is 53.7. The average molecular weight is 552 g/mol. The number of halogens is 1. The number of aromatic nitrogens is 1. The standard InChI is InChI=1S/C28H30FN5O6/c1-7-28(12-39-13-28)34(14-40-27(38)22(31)15(2)3)26(37)24(35)21-16(4)23(33(6)17(21)5)25(36)32-19-8-9-20(29)18(10-19)11-30/h1,8-10,15,22H,12-14,31H2,2-6H3,(H,32,36)/t22-/m0/s1. The molecule has 11 nitrogen and oxygen atoms in total. The van der Waals surface area contributed by atoms with Crippen molar-refractivity contribution in [3.63, 3.8) is 0 Å². The molecule has 2 heterocycles. The first-order chi connectivity index (χ1) is 18.8. The van der Waals surface area contributed by atoms with Gasteiger partial charge in [-0.15, -0.1) is 6.42 Å². The Labute approximate surface area is 231 Å². The summed E-state index contributed by atoms with van der Waals surface area (Å²) in [6, 6.07) is 4.27. The van der Waals surface area contributed by atoms with Gasteiger partial charge < -0.3 is 25.1 Å². The van der Waals surface area contributed by atoms with Gasteiger partial charge in [0.05, 0.1) is 24.3 Å². The molecule has 1 atom stereocenters. The highest BCUT2D eigenvalue weighted by Crippen LogP contribution is 2.28. The second-order valence-corrected chi connectivity index (χ2v) is 9.85. The third-order valence-electron chi connectivity index (χ3n) is 6.95. The number of amides is 2. The molecule has 0 unspecified atom stereocenters. The fourth-order valence-electron chi connectivity index (χ4n) is 4.23. The van der Waals surface area contributed by atoms with Crippen molar-refractivity contribution in [3.8, 4) is 18.4 Å². The van der Waals surface area contributed by atoms with Crippen LogP contribution in [-0.2, 0) is 26.1 Å². The number of carbonyl (C=O) groups excluding carboxylic acids is 4. The van der Waals surface area contributed by atoms with Crippen LogP contribution in [-0.4, -0.2) is 64.6 Å². The van der Waals surface area contributed by atoms with E-state index in [1.54, 1.807) is 33.9 Å². The molecular weight excluding hydrogens is 521 g/mol. The van der Waals surface area contributed by atoms with Crippen molar-refractivity contribution in [3.05, 3.63) is 52.1 Å². The van der Waals surface area contributed by atoms with Gasteiger partial charge in [0, 0.05) is 18.4 Å². The number of anilines is 1. The lowest BCUT2D eigenvalue weighted by molar-refractivity contribution is -0.173. The quantitative estimate of drug-likeness (QED) is 0.157. The number of carbonyl (C=O) groups is 4. The molecule has 0 saturated carbocycles. The van der Waals surface area contributed by atoms with Crippen LogP contribution >= 0.6 is 0 Å². The molecule has 3 N–H and O–H groups in total. The number of nitriles is 1. The Morgan fingerprint density at radius 3 is 2.48 bits per heavy atom. The second-order valence-electron chi connectivity index (χ2n) is 9.85. The van der Waals surface area contributed by atoms with Gasteiger partial charge in [-0.05, 0) is 43.5 Å². The molecule has 0 bridgehead atoms. The summed E-state index contributed by atoms with van der Waals surface area (Å²) in [6.07, 6.45) is 5.69. The molecule has 2 amide bonds. The van der Waals surface area contributed by atoms with Crippen molar-refractivity contribution in [1.82, 2.24) is 9.47 Å². The Balaban J connectivity index is 1.93. The molecule has 40 heavy (non-hydrogen) atoms. The highest BCUT2D eigenvalue weighted by Gasteiger charge is 2.48. The minimum absolute atomic E-state index is 0.0305. The summed E-state index contributed by atoms with van der Waals surface area (Å²) in [6.45, 7) is 5.76. The molecule has 1 aliphatic rings. The predicted molar refractivity (Wildman–Crippen MR) is 141 cm³/mol. The van der Waals surface area contributed by atoms with E-state index in [4.69, 9.17) is 26.9 Å². The number of nitrogens with one attached hydrogen (secondary N) is 1. The second kappa shape index (κ2) is 11.7. The highest BCUT2D eigenvalue weighted by atomic mass is 19.1. The molecule has 3 rings (SSSR count). The van der Waals surface area contributed by atoms with Gasteiger partial charge in [-0.25, -0.2) is 4.39 Å². The van der Waals surface area contributed by atoms with Gasteiger partial charge in [-0.2, -0.15) is 5.26 Å². The normalized spacial score (nSPS) is 14.3. The Morgan fingerprint density at radius 2 is 1.95 bits per heavy atom. The van der Waals surface area contributed by atoms with Crippen LogP contribution in [0.3, 0.4) is 0 Å². The summed E-state index contributed by atoms with van der Waals surface area (Å²) in [5.74, 6) is -1.92. The molecule has 0 radical (unpaired) electrons. The number of ketones is 1. The highest BCUT2D eigenvalue weighted by molar-refractivity contribution is 6.43. The largest absolute Gasteiger partial charge is 0.443 e. The summed E-state index contributed by atoms with van der Waals surface area (Å²) in [5, 5.41) is 11.6. The minimum Gasteiger partial charge on any atom is -0.443 e. The van der Waals surface area contributed by atoms with Crippen LogP contribution in [0.5, 0.6) is 0 Å². The van der Waals surface area contributed by atoms with E-state index in [0.717, 1.165) is 11.0 Å². The van der Waals surface area contributed by atoms with E-state index < -0.39 is 47.7 Å². The van der Waals surface area contributed by atoms with Crippen molar-refractivity contribution >= 4 is 29.3 Å². The number of terminal acetylenes is 1. The predicted octanol–water partition coefficient (Wildman–Crippen LogP) is 1.80. The SMILES string of the molecule is C#CC1(N(COC(=O)[C@@H](N)C(C)C)C(=O)C(=O)c2c(C)c(C(=O)Nc3ccc(F)c(C#N)c3)n(C)c2C)COC1. The number of ether oxygens (including phenoxy) is 2. The fourth-order valence-corrected chi connectivity index (χ4v) is 4.23. The van der Waals surface area contributed by atoms with Crippen molar-refractivity contribution in [2.24, 2.45) is 18.7 Å². The van der Waals surface area contributed by atoms with E-state index in [0.29, 0.717) is 5.69 Å². The third-order valence-corrected chi connectivity index (χ3v) is 6.95. The number of Topliss-reactive ketones (excluding diaryl/α,β-unsaturated/α-hetero) is 1. The third kappa shape index (κ3) is 5.45. The van der Waals surface area contributed by atoms with Gasteiger partial charge in [-0.3, -0.25) is 24.1 Å². The lowest BCUT2D eigenvalue weighted by Crippen LogP contribution is -2.65. The number of benzene rings is 1. The van der Waals surface area contributed by atoms with E-state index >= 15 is 0 Å². The van der Waals surface area contributed by atoms with E-state index in [1.807, 2.05) is 0 Å². The van der Waals surface area contributed by atoms with E-state index in [9.17, 15) is 23.6 Å². The van der Waals surface area contributed by atoms with Gasteiger partial charge in [0.15, 0.2) is 12.3 Å². The molecule has 1 aromatic heterocycles. The van der Waals surface area contributed by atoms with Crippen LogP contribution < -0.4 is 11.1 Å². The Hall–Kier alpha value is -4.52. The summed E-state index contributed by atoms with van der Waals surface area (Å²) >= 11 is 0. The first-order valence-electron chi connectivity index (χ1n) is 12.3. The van der Waals surface area contributed by atoms with Crippen molar-refractivity contribution in [2.45, 2.75) is 39.3 Å². The molecule has 1 fully saturated rings. The number of hydrogen-bond acceptors (Lipinski definition) is 8. The smallest absolute Gasteiger partial charge is 0.324 e. The molecule has 0 aliphatic carbocycles. The lowest BCUT2D eigenvalue weighted by atomic mass is 9.94. The monoisotopic (exact) mass is 551 g/mol. The maximum absolute atomic E-state index is 13.7. The minimum atomic E-state index is -1.31. The number of nitrogens with zero attached hydrogens (tertiary/aromatic N) is 3. The zero-order valence-electron chi connectivity index (χ0n) is 22.8. The lowest BCUT2D eigenvalue weighted by Gasteiger charge is -2.44. The van der Waals surface area contributed by atoms with Crippen LogP contribution in [0.1, 0.15) is 51.5 Å². The van der Waals surface area contributed by atoms with Gasteiger partial charge in [0.25, 0.3) is 17.6 Å². The number of rotatable bonds is 9. The van der Waals surface area contributed by atoms with E-state index in [2.05, 4.69) is 11.2 Å². The van der Waals surface area contributed by atoms with Gasteiger partial charge in [0.2, 0.25) is 0 Å². The van der Waals surface area contributed by atoms with Crippen molar-refractivity contribution in [2.75, 3.05) is 25.3 Å². The summed E-state index contributed by atoms with van der Waals surface area (Å²) in [5.41, 5.74) is 5.00. The Kier molecular flexibility index (Phi) is 8.78. The van der Waals surface area contributed by atoms with Gasteiger partial charge in [0.1, 0.15) is 23.6 Å². The van der Waals surface area contributed by atoms with Crippen LogP contribution in [0.15, 0.2) is 18.2 Å². The number of nitrogens with two attached hydrogens (primary N) is 1. The van der Waals surface area contributed by atoms with Gasteiger partial charge in [-0.1, -0.05) is 19.8 Å². The van der Waals surface area contributed by atoms with Crippen molar-refractivity contribution in [1.29, 1.82) is 5.26 Å². The summed E-state index contributed by atoms with van der Waals surface area (Å²) < 4.78 is 25.6. The number of hydrogen-bond donors (Lipinski definition) is 2. The number of esters is 1. The molecule has 0 spiro atoms. The summed E-state index contributed by atoms with van der Waals surface area (Å²) in [7, 11) is 1.54. The zero-order valence-corrected chi connectivity index (χ0v) is 22.8. The maximum atomic E-state index is 13.7. The Bertz CT molecular complexity index is 1460. The maximum Gasteiger partial charge on any atom is 0.324 e. The van der Waals surface area contributed by atoms with Crippen LogP contribution in [0.2, 0.25) is 0 Å². The molecule has 1 aliphatic heterocycles. The molecule has 12 heteroatoms. The van der Waals surface area contributed by atoms with Crippen LogP contribution in [0.25, 0.3) is 0 Å². The van der Waals surface area contributed by atoms with Crippen LogP contribution in [0, 0.1) is 49.3 Å². The average Bonchev–Trinajstić information content (AvgIpc) is 3.12. The fraction of sp³-hybridized carbons (Fsp3) is 0.393. The van der Waals surface area contributed by atoms with Crippen LogP contribution in [0.4, 0.5) is 10.1 Å². The van der Waals surface area contributed by atoms with E-state index in [1.165, 1.54) is 23.6 Å². The van der Waals surface area contributed by atoms with Crippen molar-refractivity contribution < 1.29 is 33.0 Å². The zero-order chi connectivity index (χ0) is 29.9. The molecule has 1 saturated heterocycles. The molecule has 2 aromatic rings. The topological polar surface area (TPSA) is 157 Å².